The molecule has 0 aliphatic carbocycles. The summed E-state index contributed by atoms with van der Waals surface area (Å²) in [7, 11) is 0. The van der Waals surface area contributed by atoms with Gasteiger partial charge in [0.25, 0.3) is 0 Å². The molecule has 4 aromatic rings. The van der Waals surface area contributed by atoms with Crippen LogP contribution >= 0.6 is 0 Å². The number of unbranched alkanes of at least 4 members (excludes halogenated alkanes) is 1. The van der Waals surface area contributed by atoms with Crippen LogP contribution in [0.25, 0.3) is 21.8 Å². The highest BCUT2D eigenvalue weighted by molar-refractivity contribution is 6.07. The minimum absolute atomic E-state index is 0.301. The number of ether oxygens (including phenoxy) is 1. The van der Waals surface area contributed by atoms with Crippen molar-refractivity contribution in [2.45, 2.75) is 19.4 Å². The van der Waals surface area contributed by atoms with E-state index < -0.39 is 0 Å². The SMILES string of the molecule is Fc1ccccc1OCCCCn1c2ccccc2c2ccccc21. The fourth-order valence-corrected chi connectivity index (χ4v) is 3.36. The highest BCUT2D eigenvalue weighted by atomic mass is 19.1. The summed E-state index contributed by atoms with van der Waals surface area (Å²) in [6.45, 7) is 1.45. The lowest BCUT2D eigenvalue weighted by Gasteiger charge is -2.09. The number of nitrogens with zero attached hydrogens (tertiary/aromatic N) is 1. The second-order valence-electron chi connectivity index (χ2n) is 6.17. The maximum Gasteiger partial charge on any atom is 0.165 e. The topological polar surface area (TPSA) is 14.2 Å². The molecule has 0 bridgehead atoms. The van der Waals surface area contributed by atoms with E-state index in [2.05, 4.69) is 53.1 Å². The fraction of sp³-hybridized carbons (Fsp3) is 0.182. The first-order chi connectivity index (χ1) is 12.3. The lowest BCUT2D eigenvalue weighted by Crippen LogP contribution is -2.03. The van der Waals surface area contributed by atoms with Crippen LogP contribution in [0.4, 0.5) is 4.39 Å². The van der Waals surface area contributed by atoms with Crippen LogP contribution in [0.5, 0.6) is 5.75 Å². The van der Waals surface area contributed by atoms with Crippen LogP contribution in [-0.2, 0) is 6.54 Å². The summed E-state index contributed by atoms with van der Waals surface area (Å²) in [6.07, 6.45) is 1.87. The zero-order valence-electron chi connectivity index (χ0n) is 14.0. The number of hydrogen-bond donors (Lipinski definition) is 0. The maximum atomic E-state index is 13.5. The Morgan fingerprint density at radius 2 is 1.32 bits per heavy atom. The van der Waals surface area contributed by atoms with Crippen molar-refractivity contribution in [1.29, 1.82) is 0 Å². The standard InChI is InChI=1S/C22H20FNO/c23-19-11-3-6-14-22(19)25-16-8-7-15-24-20-12-4-1-9-17(20)18-10-2-5-13-21(18)24/h1-6,9-14H,7-8,15-16H2. The Kier molecular flexibility index (Phi) is 4.38. The Morgan fingerprint density at radius 1 is 0.720 bits per heavy atom. The Labute approximate surface area is 146 Å². The second-order valence-corrected chi connectivity index (χ2v) is 6.17. The van der Waals surface area contributed by atoms with Crippen molar-refractivity contribution in [3.63, 3.8) is 0 Å². The number of para-hydroxylation sites is 3. The summed E-state index contributed by atoms with van der Waals surface area (Å²) < 4.78 is 21.5. The Balaban J connectivity index is 1.45. The number of rotatable bonds is 6. The van der Waals surface area contributed by atoms with Crippen LogP contribution in [0.2, 0.25) is 0 Å². The molecule has 0 fully saturated rings. The average molecular weight is 333 g/mol. The summed E-state index contributed by atoms with van der Waals surface area (Å²) >= 11 is 0. The zero-order valence-corrected chi connectivity index (χ0v) is 14.0. The first-order valence-corrected chi connectivity index (χ1v) is 8.68. The predicted molar refractivity (Wildman–Crippen MR) is 101 cm³/mol. The smallest absolute Gasteiger partial charge is 0.165 e. The van der Waals surface area contributed by atoms with Crippen LogP contribution in [0.3, 0.4) is 0 Å². The van der Waals surface area contributed by atoms with Crippen molar-refractivity contribution in [1.82, 2.24) is 4.57 Å². The van der Waals surface area contributed by atoms with Gasteiger partial charge in [0.1, 0.15) is 0 Å². The van der Waals surface area contributed by atoms with Gasteiger partial charge in [0.15, 0.2) is 11.6 Å². The average Bonchev–Trinajstić information content (AvgIpc) is 2.97. The van der Waals surface area contributed by atoms with E-state index in [4.69, 9.17) is 4.74 Å². The molecule has 0 saturated carbocycles. The number of hydrogen-bond acceptors (Lipinski definition) is 1. The summed E-state index contributed by atoms with van der Waals surface area (Å²) in [5.41, 5.74) is 2.53. The van der Waals surface area contributed by atoms with Crippen LogP contribution < -0.4 is 4.74 Å². The number of aromatic nitrogens is 1. The van der Waals surface area contributed by atoms with Crippen molar-refractivity contribution in [2.75, 3.05) is 6.61 Å². The molecule has 0 aliphatic rings. The van der Waals surface area contributed by atoms with E-state index in [1.807, 2.05) is 0 Å². The molecule has 25 heavy (non-hydrogen) atoms. The molecule has 0 atom stereocenters. The van der Waals surface area contributed by atoms with Gasteiger partial charge in [0.05, 0.1) is 6.61 Å². The molecule has 4 rings (SSSR count). The number of halogens is 1. The third-order valence-corrected chi connectivity index (χ3v) is 4.55. The highest BCUT2D eigenvalue weighted by Crippen LogP contribution is 2.29. The first-order valence-electron chi connectivity index (χ1n) is 8.68. The molecule has 0 aliphatic heterocycles. The van der Waals surface area contributed by atoms with Gasteiger partial charge in [0, 0.05) is 28.4 Å². The molecular weight excluding hydrogens is 313 g/mol. The second kappa shape index (κ2) is 6.98. The minimum Gasteiger partial charge on any atom is -0.491 e. The molecule has 0 radical (unpaired) electrons. The normalized spacial score (nSPS) is 11.2. The van der Waals surface area contributed by atoms with E-state index in [1.54, 1.807) is 18.2 Å². The van der Waals surface area contributed by atoms with Crippen molar-refractivity contribution in [3.8, 4) is 5.75 Å². The van der Waals surface area contributed by atoms with E-state index in [0.717, 1.165) is 19.4 Å². The van der Waals surface area contributed by atoms with E-state index in [-0.39, 0.29) is 5.82 Å². The predicted octanol–water partition coefficient (Wildman–Crippen LogP) is 5.79. The third-order valence-electron chi connectivity index (χ3n) is 4.55. The van der Waals surface area contributed by atoms with E-state index in [9.17, 15) is 4.39 Å². The van der Waals surface area contributed by atoms with Gasteiger partial charge < -0.3 is 9.30 Å². The summed E-state index contributed by atoms with van der Waals surface area (Å²) in [5.74, 6) is 0.0317. The number of fused-ring (bicyclic) bond motifs is 3. The van der Waals surface area contributed by atoms with Gasteiger partial charge in [0.2, 0.25) is 0 Å². The summed E-state index contributed by atoms with van der Waals surface area (Å²) in [6, 6.07) is 23.6. The monoisotopic (exact) mass is 333 g/mol. The molecule has 0 amide bonds. The molecule has 0 N–H and O–H groups in total. The van der Waals surface area contributed by atoms with E-state index in [0.29, 0.717) is 12.4 Å². The minimum atomic E-state index is -0.301. The fourth-order valence-electron chi connectivity index (χ4n) is 3.36. The summed E-state index contributed by atoms with van der Waals surface area (Å²) in [4.78, 5) is 0. The van der Waals surface area contributed by atoms with Gasteiger partial charge in [-0.3, -0.25) is 0 Å². The van der Waals surface area contributed by atoms with Crippen LogP contribution in [0.1, 0.15) is 12.8 Å². The lowest BCUT2D eigenvalue weighted by atomic mass is 10.2. The molecule has 2 nitrogen and oxygen atoms in total. The number of aryl methyl sites for hydroxylation is 1. The molecule has 1 heterocycles. The third kappa shape index (κ3) is 3.10. The van der Waals surface area contributed by atoms with Gasteiger partial charge in [-0.15, -0.1) is 0 Å². The molecule has 126 valence electrons. The molecular formula is C22H20FNO. The van der Waals surface area contributed by atoms with Crippen LogP contribution in [-0.4, -0.2) is 11.2 Å². The van der Waals surface area contributed by atoms with Crippen molar-refractivity contribution >= 4 is 21.8 Å². The Bertz CT molecular complexity index is 952. The van der Waals surface area contributed by atoms with Crippen molar-refractivity contribution in [2.24, 2.45) is 0 Å². The van der Waals surface area contributed by atoms with E-state index in [1.165, 1.54) is 27.9 Å². The first kappa shape index (κ1) is 15.7. The van der Waals surface area contributed by atoms with Crippen molar-refractivity contribution in [3.05, 3.63) is 78.6 Å². The molecule has 3 heteroatoms. The molecule has 3 aromatic carbocycles. The Hall–Kier alpha value is -2.81. The number of benzene rings is 3. The molecule has 0 saturated heterocycles. The zero-order chi connectivity index (χ0) is 17.1. The molecule has 0 spiro atoms. The van der Waals surface area contributed by atoms with Crippen LogP contribution in [0, 0.1) is 5.82 Å². The lowest BCUT2D eigenvalue weighted by molar-refractivity contribution is 0.289. The maximum absolute atomic E-state index is 13.5. The van der Waals surface area contributed by atoms with Gasteiger partial charge in [-0.25, -0.2) is 4.39 Å². The Morgan fingerprint density at radius 3 is 2.00 bits per heavy atom. The van der Waals surface area contributed by atoms with Crippen molar-refractivity contribution < 1.29 is 9.13 Å². The quantitative estimate of drug-likeness (QED) is 0.407. The van der Waals surface area contributed by atoms with Gasteiger partial charge in [-0.05, 0) is 37.1 Å². The molecule has 1 aromatic heterocycles. The van der Waals surface area contributed by atoms with E-state index >= 15 is 0 Å². The van der Waals surface area contributed by atoms with Gasteiger partial charge >= 0.3 is 0 Å². The molecule has 0 unspecified atom stereocenters. The van der Waals surface area contributed by atoms with Gasteiger partial charge in [-0.2, -0.15) is 0 Å². The van der Waals surface area contributed by atoms with Crippen LogP contribution in [0.15, 0.2) is 72.8 Å². The summed E-state index contributed by atoms with van der Waals surface area (Å²) in [5, 5.41) is 2.58. The highest BCUT2D eigenvalue weighted by Gasteiger charge is 2.09. The largest absolute Gasteiger partial charge is 0.491 e. The van der Waals surface area contributed by atoms with Gasteiger partial charge in [-0.1, -0.05) is 48.5 Å².